The number of hydrogen-bond donors (Lipinski definition) is 4. The number of fused-ring (bicyclic) bond motifs is 1. The van der Waals surface area contributed by atoms with E-state index >= 15 is 0 Å². The van der Waals surface area contributed by atoms with E-state index in [-0.39, 0.29) is 17.1 Å². The number of anilines is 2. The molecule has 0 bridgehead atoms. The van der Waals surface area contributed by atoms with Gasteiger partial charge in [-0.1, -0.05) is 30.3 Å². The highest BCUT2D eigenvalue weighted by atomic mass is 16.5. The maximum absolute atomic E-state index is 12.8. The van der Waals surface area contributed by atoms with Crippen molar-refractivity contribution < 1.29 is 29.3 Å². The molecule has 45 heavy (non-hydrogen) atoms. The summed E-state index contributed by atoms with van der Waals surface area (Å²) in [5, 5.41) is 27.9. The second-order valence-corrected chi connectivity index (χ2v) is 11.6. The molecule has 3 aromatic rings. The van der Waals surface area contributed by atoms with Crippen molar-refractivity contribution in [3.05, 3.63) is 88.8 Å². The first-order chi connectivity index (χ1) is 21.7. The molecule has 1 saturated heterocycles. The van der Waals surface area contributed by atoms with E-state index in [1.807, 2.05) is 6.07 Å². The van der Waals surface area contributed by atoms with Gasteiger partial charge in [0.1, 0.15) is 5.75 Å². The summed E-state index contributed by atoms with van der Waals surface area (Å²) < 4.78 is 5.45. The minimum Gasteiger partial charge on any atom is -0.497 e. The second-order valence-electron chi connectivity index (χ2n) is 11.6. The van der Waals surface area contributed by atoms with E-state index in [1.54, 1.807) is 45.2 Å². The molecule has 0 unspecified atom stereocenters. The highest BCUT2D eigenvalue weighted by molar-refractivity contribution is 5.99. The topological polar surface area (TPSA) is 131 Å². The van der Waals surface area contributed by atoms with Crippen LogP contribution in [-0.4, -0.2) is 72.8 Å². The molecule has 2 aliphatic heterocycles. The number of nitrogens with zero attached hydrogens (tertiary/aromatic N) is 2. The Labute approximate surface area is 263 Å². The van der Waals surface area contributed by atoms with Crippen LogP contribution in [0, 0.1) is 0 Å². The molecular weight excluding hydrogens is 572 g/mol. The van der Waals surface area contributed by atoms with Crippen molar-refractivity contribution in [1.29, 1.82) is 0 Å². The number of carbonyl (C=O) groups excluding carboxylic acids is 1. The average molecular weight is 613 g/mol. The third-order valence-corrected chi connectivity index (χ3v) is 8.63. The quantitative estimate of drug-likeness (QED) is 0.216. The van der Waals surface area contributed by atoms with Crippen LogP contribution in [0.1, 0.15) is 44.6 Å². The van der Waals surface area contributed by atoms with Crippen LogP contribution in [0.25, 0.3) is 10.8 Å². The van der Waals surface area contributed by atoms with Crippen LogP contribution in [0.4, 0.5) is 11.4 Å². The number of unbranched alkanes of at least 4 members (excludes halogenated alkanes) is 1. The molecule has 3 aromatic carbocycles. The van der Waals surface area contributed by atoms with Gasteiger partial charge in [0.2, 0.25) is 5.91 Å². The van der Waals surface area contributed by atoms with Gasteiger partial charge >= 0.3 is 11.9 Å². The van der Waals surface area contributed by atoms with Gasteiger partial charge in [0.05, 0.1) is 24.2 Å². The lowest BCUT2D eigenvalue weighted by Gasteiger charge is -2.36. The molecule has 2 aliphatic rings. The summed E-state index contributed by atoms with van der Waals surface area (Å²) in [6.45, 7) is 7.92. The molecule has 0 aliphatic carbocycles. The van der Waals surface area contributed by atoms with Crippen LogP contribution in [0.15, 0.2) is 83.2 Å². The molecule has 5 rings (SSSR count). The number of rotatable bonds is 11. The summed E-state index contributed by atoms with van der Waals surface area (Å²) in [7, 11) is 1.69. The Hall–Kier alpha value is -4.83. The van der Waals surface area contributed by atoms with Gasteiger partial charge in [0.25, 0.3) is 0 Å². The SMILES string of the molecule is COc1ccc2cccc(N3CCN(CCCCC(=O)Nc4cccc(C5C(C(=O)O)=C(C)NC(C)=C5C(=O)O)c4)CC3)c2c1. The van der Waals surface area contributed by atoms with Crippen molar-refractivity contribution in [2.24, 2.45) is 0 Å². The Morgan fingerprint density at radius 2 is 1.58 bits per heavy atom. The lowest BCUT2D eigenvalue weighted by molar-refractivity contribution is -0.133. The lowest BCUT2D eigenvalue weighted by Crippen LogP contribution is -2.46. The lowest BCUT2D eigenvalue weighted by atomic mass is 9.80. The van der Waals surface area contributed by atoms with E-state index < -0.39 is 17.9 Å². The molecule has 0 saturated carbocycles. The molecule has 1 amide bonds. The standard InChI is InChI=1S/C35H40N4O6/c1-22-31(34(41)42)33(32(35(43)44)23(2)36-22)25-9-6-10-26(20-25)37-30(40)12-4-5-15-38-16-18-39(19-17-38)29-11-7-8-24-13-14-27(45-3)21-28(24)29/h6-11,13-14,20-21,33,36H,4-5,12,15-19H2,1-3H3,(H,37,40)(H,41,42)(H,43,44). The van der Waals surface area contributed by atoms with E-state index in [9.17, 15) is 24.6 Å². The van der Waals surface area contributed by atoms with Gasteiger partial charge in [-0.2, -0.15) is 0 Å². The molecule has 0 atom stereocenters. The molecule has 10 heteroatoms. The van der Waals surface area contributed by atoms with Gasteiger partial charge in [-0.15, -0.1) is 0 Å². The van der Waals surface area contributed by atoms with Crippen LogP contribution >= 0.6 is 0 Å². The van der Waals surface area contributed by atoms with Crippen LogP contribution in [-0.2, 0) is 14.4 Å². The molecule has 236 valence electrons. The fourth-order valence-corrected chi connectivity index (χ4v) is 6.39. The summed E-state index contributed by atoms with van der Waals surface area (Å²) in [6, 6.07) is 19.3. The van der Waals surface area contributed by atoms with Crippen LogP contribution in [0.5, 0.6) is 5.75 Å². The fourth-order valence-electron chi connectivity index (χ4n) is 6.39. The van der Waals surface area contributed by atoms with E-state index in [4.69, 9.17) is 4.74 Å². The van der Waals surface area contributed by atoms with E-state index in [0.717, 1.165) is 51.3 Å². The number of amides is 1. The van der Waals surface area contributed by atoms with E-state index in [2.05, 4.69) is 50.8 Å². The van der Waals surface area contributed by atoms with E-state index in [0.29, 0.717) is 29.1 Å². The Morgan fingerprint density at radius 3 is 2.24 bits per heavy atom. The Bertz CT molecular complexity index is 1640. The number of ether oxygens (including phenoxy) is 1. The van der Waals surface area contributed by atoms with Crippen molar-refractivity contribution in [2.45, 2.75) is 39.0 Å². The van der Waals surface area contributed by atoms with Crippen molar-refractivity contribution >= 4 is 40.0 Å². The molecule has 0 radical (unpaired) electrons. The summed E-state index contributed by atoms with van der Waals surface area (Å²) in [6.07, 6.45) is 1.99. The maximum atomic E-state index is 12.8. The van der Waals surface area contributed by atoms with Crippen molar-refractivity contribution in [2.75, 3.05) is 50.1 Å². The zero-order valence-electron chi connectivity index (χ0n) is 25.9. The minimum absolute atomic E-state index is 0.0281. The first kappa shape index (κ1) is 31.6. The first-order valence-corrected chi connectivity index (χ1v) is 15.2. The van der Waals surface area contributed by atoms with Gasteiger partial charge in [-0.05, 0) is 74.5 Å². The molecule has 10 nitrogen and oxygen atoms in total. The summed E-state index contributed by atoms with van der Waals surface area (Å²) >= 11 is 0. The third kappa shape index (κ3) is 7.12. The average Bonchev–Trinajstić information content (AvgIpc) is 3.02. The monoisotopic (exact) mass is 612 g/mol. The molecule has 0 spiro atoms. The smallest absolute Gasteiger partial charge is 0.334 e. The number of carbonyl (C=O) groups is 3. The van der Waals surface area contributed by atoms with Crippen LogP contribution in [0.2, 0.25) is 0 Å². The molecular formula is C35H40N4O6. The molecule has 4 N–H and O–H groups in total. The summed E-state index contributed by atoms with van der Waals surface area (Å²) in [5.74, 6) is -2.64. The number of carboxylic acids is 2. The Kier molecular flexibility index (Phi) is 9.73. The van der Waals surface area contributed by atoms with Gasteiger partial charge in [0.15, 0.2) is 0 Å². The predicted octanol–water partition coefficient (Wildman–Crippen LogP) is 5.18. The first-order valence-electron chi connectivity index (χ1n) is 15.2. The fraction of sp³-hybridized carbons (Fsp3) is 0.343. The van der Waals surface area contributed by atoms with Gasteiger partial charge in [0, 0.05) is 60.8 Å². The van der Waals surface area contributed by atoms with Crippen LogP contribution in [0.3, 0.4) is 0 Å². The van der Waals surface area contributed by atoms with E-state index in [1.165, 1.54) is 16.5 Å². The van der Waals surface area contributed by atoms with Gasteiger partial charge < -0.3 is 30.5 Å². The molecule has 1 fully saturated rings. The number of carboxylic acid groups (broad SMARTS) is 2. The van der Waals surface area contributed by atoms with Gasteiger partial charge in [-0.3, -0.25) is 9.69 Å². The van der Waals surface area contributed by atoms with Gasteiger partial charge in [-0.25, -0.2) is 9.59 Å². The van der Waals surface area contributed by atoms with Crippen LogP contribution < -0.4 is 20.3 Å². The Morgan fingerprint density at radius 1 is 0.889 bits per heavy atom. The minimum atomic E-state index is -1.19. The zero-order chi connectivity index (χ0) is 32.1. The third-order valence-electron chi connectivity index (χ3n) is 8.63. The van der Waals surface area contributed by atoms with Crippen molar-refractivity contribution in [3.63, 3.8) is 0 Å². The number of nitrogens with one attached hydrogen (secondary N) is 2. The number of dihydropyridines is 1. The highest BCUT2D eigenvalue weighted by Crippen LogP contribution is 2.39. The number of methoxy groups -OCH3 is 1. The second kappa shape index (κ2) is 13.9. The number of hydrogen-bond acceptors (Lipinski definition) is 7. The highest BCUT2D eigenvalue weighted by Gasteiger charge is 2.36. The molecule has 2 heterocycles. The zero-order valence-corrected chi connectivity index (χ0v) is 25.9. The number of piperazine rings is 1. The number of allylic oxidation sites excluding steroid dienone is 2. The number of aliphatic carboxylic acids is 2. The Balaban J connectivity index is 1.12. The van der Waals surface area contributed by atoms with Crippen molar-refractivity contribution in [1.82, 2.24) is 10.2 Å². The van der Waals surface area contributed by atoms with Crippen molar-refractivity contribution in [3.8, 4) is 5.75 Å². The largest absolute Gasteiger partial charge is 0.497 e. The number of benzene rings is 3. The summed E-state index contributed by atoms with van der Waals surface area (Å²) in [5.41, 5.74) is 2.94. The predicted molar refractivity (Wildman–Crippen MR) is 175 cm³/mol. The summed E-state index contributed by atoms with van der Waals surface area (Å²) in [4.78, 5) is 41.9. The normalized spacial score (nSPS) is 16.1. The molecule has 0 aromatic heterocycles. The maximum Gasteiger partial charge on any atom is 0.334 e.